The number of hydrogen-bond acceptors (Lipinski definition) is 6. The van der Waals surface area contributed by atoms with Crippen molar-refractivity contribution in [1.29, 1.82) is 0 Å². The maximum Gasteiger partial charge on any atom is 0.362 e. The fraction of sp³-hybridized carbons (Fsp3) is 0.683. The largest absolute Gasteiger partial charge is 0.477 e. The Bertz CT molecular complexity index is 1430. The summed E-state index contributed by atoms with van der Waals surface area (Å²) in [5.41, 5.74) is 0. The van der Waals surface area contributed by atoms with Crippen LogP contribution in [0.1, 0.15) is 213 Å². The van der Waals surface area contributed by atoms with Gasteiger partial charge in [0.25, 0.3) is 0 Å². The van der Waals surface area contributed by atoms with Crippen LogP contribution in [0.2, 0.25) is 0 Å². The van der Waals surface area contributed by atoms with E-state index in [0.29, 0.717) is 19.3 Å². The van der Waals surface area contributed by atoms with Crippen molar-refractivity contribution >= 4 is 17.9 Å². The fourth-order valence-corrected chi connectivity index (χ4v) is 7.54. The molecule has 0 aromatic rings. The van der Waals surface area contributed by atoms with Gasteiger partial charge in [-0.25, -0.2) is 4.79 Å². The normalized spacial score (nSPS) is 13.6. The number of unbranched alkanes of at least 4 members (excludes halogenated alkanes) is 18. The molecule has 0 saturated carbocycles. The molecule has 0 saturated heterocycles. The maximum atomic E-state index is 12.8. The van der Waals surface area contributed by atoms with Gasteiger partial charge >= 0.3 is 17.9 Å². The number of hydrogen-bond donors (Lipinski definition) is 1. The highest BCUT2D eigenvalue weighted by atomic mass is 16.6. The number of aliphatic carboxylic acids is 1. The van der Waals surface area contributed by atoms with Gasteiger partial charge < -0.3 is 23.8 Å². The molecule has 0 aliphatic carbocycles. The number of nitrogens with zero attached hydrogens (tertiary/aromatic N) is 1. The molecule has 0 rings (SSSR count). The molecule has 0 spiro atoms. The van der Waals surface area contributed by atoms with E-state index in [1.807, 2.05) is 21.1 Å². The van der Waals surface area contributed by atoms with E-state index >= 15 is 0 Å². The van der Waals surface area contributed by atoms with Crippen molar-refractivity contribution in [2.75, 3.05) is 41.0 Å². The lowest BCUT2D eigenvalue weighted by atomic mass is 10.0. The summed E-state index contributed by atoms with van der Waals surface area (Å²) >= 11 is 0. The highest BCUT2D eigenvalue weighted by Crippen LogP contribution is 2.15. The molecule has 0 heterocycles. The first kappa shape index (κ1) is 64.2. The van der Waals surface area contributed by atoms with E-state index in [0.717, 1.165) is 109 Å². The summed E-state index contributed by atoms with van der Waals surface area (Å²) in [6.07, 6.45) is 67.4. The van der Waals surface area contributed by atoms with Gasteiger partial charge in [-0.15, -0.1) is 0 Å². The molecule has 0 aromatic heterocycles. The van der Waals surface area contributed by atoms with E-state index in [-0.39, 0.29) is 36.2 Å². The van der Waals surface area contributed by atoms with Crippen molar-refractivity contribution in [1.82, 2.24) is 0 Å². The molecule has 0 aliphatic rings. The van der Waals surface area contributed by atoms with Crippen LogP contribution >= 0.6 is 0 Å². The van der Waals surface area contributed by atoms with Gasteiger partial charge in [-0.05, 0) is 96.3 Å². The third kappa shape index (κ3) is 47.3. The minimum Gasteiger partial charge on any atom is -0.477 e. The number of quaternary nitrogens is 1. The van der Waals surface area contributed by atoms with Crippen LogP contribution in [-0.2, 0) is 28.6 Å². The maximum absolute atomic E-state index is 12.8. The molecule has 388 valence electrons. The Morgan fingerprint density at radius 2 is 0.824 bits per heavy atom. The summed E-state index contributed by atoms with van der Waals surface area (Å²) < 4.78 is 17.4. The van der Waals surface area contributed by atoms with Gasteiger partial charge in [-0.2, -0.15) is 0 Å². The summed E-state index contributed by atoms with van der Waals surface area (Å²) in [5.74, 6) is -1.50. The average molecular weight is 949 g/mol. The molecule has 68 heavy (non-hydrogen) atoms. The van der Waals surface area contributed by atoms with Gasteiger partial charge in [0.15, 0.2) is 12.1 Å². The van der Waals surface area contributed by atoms with Crippen LogP contribution in [0.5, 0.6) is 0 Å². The summed E-state index contributed by atoms with van der Waals surface area (Å²) in [5, 5.41) is 9.67. The fourth-order valence-electron chi connectivity index (χ4n) is 7.54. The Morgan fingerprint density at radius 1 is 0.456 bits per heavy atom. The zero-order chi connectivity index (χ0) is 49.9. The molecule has 8 nitrogen and oxygen atoms in total. The standard InChI is InChI=1S/C60H101NO7/c1-6-8-10-12-14-16-18-20-22-24-26-28-29-31-33-35-37-39-41-43-45-47-49-51-59(63)68-56(54-66-53-52-57(60(64)65)61(3,4)5)55-67-58(62)50-48-46-44-42-40-38-36-34-32-30-27-25-23-21-19-17-15-13-11-9-7-2/h8,10,14-17,20-23,26-28,30,34,36,56-57H,6-7,9,11-13,18-19,24-25,29,31-33,35,37-55H2,1-5H3/p+1/b10-8+,16-14+,17-15+,22-20+,23-21+,28-26+,30-27+,36-34+. The lowest BCUT2D eigenvalue weighted by Gasteiger charge is -2.31. The van der Waals surface area contributed by atoms with E-state index < -0.39 is 18.1 Å². The van der Waals surface area contributed by atoms with Crippen molar-refractivity contribution in [2.45, 2.75) is 225 Å². The van der Waals surface area contributed by atoms with Crippen LogP contribution in [-0.4, -0.2) is 80.6 Å². The minimum atomic E-state index is -0.881. The topological polar surface area (TPSA) is 99.1 Å². The lowest BCUT2D eigenvalue weighted by molar-refractivity contribution is -0.887. The summed E-state index contributed by atoms with van der Waals surface area (Å²) in [7, 11) is 5.53. The highest BCUT2D eigenvalue weighted by Gasteiger charge is 2.31. The van der Waals surface area contributed by atoms with Crippen LogP contribution in [0.25, 0.3) is 0 Å². The molecule has 0 aliphatic heterocycles. The number of carboxylic acid groups (broad SMARTS) is 1. The molecule has 0 bridgehead atoms. The second kappa shape index (κ2) is 49.7. The molecule has 1 N–H and O–H groups in total. The Kier molecular flexibility index (Phi) is 46.9. The molecule has 0 radical (unpaired) electrons. The smallest absolute Gasteiger partial charge is 0.362 e. The number of esters is 2. The monoisotopic (exact) mass is 949 g/mol. The van der Waals surface area contributed by atoms with Crippen LogP contribution in [0.4, 0.5) is 0 Å². The van der Waals surface area contributed by atoms with Crippen LogP contribution in [0.3, 0.4) is 0 Å². The molecule has 0 fully saturated rings. The van der Waals surface area contributed by atoms with Crippen molar-refractivity contribution in [3.05, 3.63) is 97.2 Å². The van der Waals surface area contributed by atoms with Crippen LogP contribution in [0, 0.1) is 0 Å². The average Bonchev–Trinajstić information content (AvgIpc) is 3.30. The third-order valence-electron chi connectivity index (χ3n) is 11.7. The summed E-state index contributed by atoms with van der Waals surface area (Å²) in [6, 6.07) is -0.625. The van der Waals surface area contributed by atoms with Crippen LogP contribution < -0.4 is 0 Å². The van der Waals surface area contributed by atoms with Gasteiger partial charge in [0.05, 0.1) is 34.4 Å². The number of carbonyl (C=O) groups excluding carboxylic acids is 2. The zero-order valence-electron chi connectivity index (χ0n) is 44.3. The molecular formula is C60H102NO7+. The van der Waals surface area contributed by atoms with Gasteiger partial charge in [0.2, 0.25) is 0 Å². The zero-order valence-corrected chi connectivity index (χ0v) is 44.3. The predicted molar refractivity (Wildman–Crippen MR) is 289 cm³/mol. The van der Waals surface area contributed by atoms with Crippen molar-refractivity contribution in [3.63, 3.8) is 0 Å². The molecule has 2 atom stereocenters. The first-order valence-corrected chi connectivity index (χ1v) is 27.3. The van der Waals surface area contributed by atoms with Crippen molar-refractivity contribution < 1.29 is 38.2 Å². The minimum absolute atomic E-state index is 0.0480. The third-order valence-corrected chi connectivity index (χ3v) is 11.7. The molecule has 0 amide bonds. The van der Waals surface area contributed by atoms with E-state index in [1.165, 1.54) is 70.6 Å². The van der Waals surface area contributed by atoms with Gasteiger partial charge in [0, 0.05) is 19.3 Å². The number of ether oxygens (including phenoxy) is 3. The molecule has 8 heteroatoms. The first-order chi connectivity index (χ1) is 33.1. The number of rotatable bonds is 48. The summed E-state index contributed by atoms with van der Waals surface area (Å²) in [6.45, 7) is 4.58. The van der Waals surface area contributed by atoms with E-state index in [1.54, 1.807) is 0 Å². The number of carboxylic acids is 1. The summed E-state index contributed by atoms with van der Waals surface area (Å²) in [4.78, 5) is 37.3. The second-order valence-corrected chi connectivity index (χ2v) is 19.1. The predicted octanol–water partition coefficient (Wildman–Crippen LogP) is 16.2. The number of likely N-dealkylation sites (N-methyl/N-ethyl adjacent to an activating group) is 1. The second-order valence-electron chi connectivity index (χ2n) is 19.1. The van der Waals surface area contributed by atoms with E-state index in [2.05, 4.69) is 111 Å². The quantitative estimate of drug-likeness (QED) is 0.0281. The SMILES string of the molecule is CC/C=C/C/C=C/C/C=C/C/C=C/CCCCCCCCCCCCC(=O)OC(COCCC(C(=O)O)[N+](C)(C)C)COC(=O)CCCCCCC/C=C/C/C=C/C/C=C/C/C=C/CCCCC. The molecular weight excluding hydrogens is 847 g/mol. The lowest BCUT2D eigenvalue weighted by Crippen LogP contribution is -2.50. The van der Waals surface area contributed by atoms with Gasteiger partial charge in [-0.3, -0.25) is 9.59 Å². The first-order valence-electron chi connectivity index (χ1n) is 27.3. The highest BCUT2D eigenvalue weighted by molar-refractivity contribution is 5.72. The Balaban J connectivity index is 4.27. The number of allylic oxidation sites excluding steroid dienone is 16. The number of carbonyl (C=O) groups is 3. The van der Waals surface area contributed by atoms with E-state index in [9.17, 15) is 19.5 Å². The van der Waals surface area contributed by atoms with Crippen molar-refractivity contribution in [2.24, 2.45) is 0 Å². The Morgan fingerprint density at radius 3 is 1.22 bits per heavy atom. The molecule has 2 unspecified atom stereocenters. The van der Waals surface area contributed by atoms with Gasteiger partial charge in [-0.1, -0.05) is 195 Å². The van der Waals surface area contributed by atoms with Crippen LogP contribution in [0.15, 0.2) is 97.2 Å². The Hall–Kier alpha value is -3.75. The van der Waals surface area contributed by atoms with E-state index in [4.69, 9.17) is 14.2 Å². The van der Waals surface area contributed by atoms with Crippen molar-refractivity contribution in [3.8, 4) is 0 Å². The van der Waals surface area contributed by atoms with Gasteiger partial charge in [0.1, 0.15) is 6.61 Å². The Labute approximate surface area is 417 Å². The molecule has 0 aromatic carbocycles.